The lowest BCUT2D eigenvalue weighted by molar-refractivity contribution is -0.0513. The van der Waals surface area contributed by atoms with Crippen LogP contribution >= 0.6 is 11.6 Å². The second-order valence-electron chi connectivity index (χ2n) is 9.83. The van der Waals surface area contributed by atoms with Crippen LogP contribution in [0.1, 0.15) is 44.1 Å². The van der Waals surface area contributed by atoms with E-state index in [1.807, 2.05) is 13.0 Å². The lowest BCUT2D eigenvalue weighted by Crippen LogP contribution is -2.68. The number of aromatic nitrogens is 3. The van der Waals surface area contributed by atoms with Crippen molar-refractivity contribution in [3.63, 3.8) is 0 Å². The first kappa shape index (κ1) is 22.2. The number of alkyl halides is 2. The van der Waals surface area contributed by atoms with E-state index >= 15 is 0 Å². The maximum atomic E-state index is 13.5. The van der Waals surface area contributed by atoms with Gasteiger partial charge in [-0.3, -0.25) is 0 Å². The molecule has 8 nitrogen and oxygen atoms in total. The highest BCUT2D eigenvalue weighted by Crippen LogP contribution is 2.52. The highest BCUT2D eigenvalue weighted by molar-refractivity contribution is 7.86. The molecule has 2 aromatic heterocycles. The lowest BCUT2D eigenvalue weighted by Gasteiger charge is -2.61. The van der Waals surface area contributed by atoms with E-state index in [9.17, 15) is 17.2 Å². The van der Waals surface area contributed by atoms with Crippen LogP contribution in [-0.4, -0.2) is 58.9 Å². The molecule has 3 fully saturated rings. The Kier molecular flexibility index (Phi) is 5.20. The van der Waals surface area contributed by atoms with Crippen LogP contribution in [0.4, 0.5) is 14.6 Å². The van der Waals surface area contributed by atoms with Gasteiger partial charge in [-0.05, 0) is 50.2 Å². The van der Waals surface area contributed by atoms with Crippen LogP contribution < -0.4 is 10.0 Å². The zero-order valence-electron chi connectivity index (χ0n) is 17.8. The number of nitrogens with zero attached hydrogens (tertiary/aromatic N) is 5. The van der Waals surface area contributed by atoms with Gasteiger partial charge < -0.3 is 4.90 Å². The summed E-state index contributed by atoms with van der Waals surface area (Å²) in [6, 6.07) is 1.68. The average Bonchev–Trinajstić information content (AvgIpc) is 2.93. The number of anilines is 1. The van der Waals surface area contributed by atoms with Crippen molar-refractivity contribution in [1.82, 2.24) is 18.9 Å². The smallest absolute Gasteiger partial charge is 0.277 e. The maximum absolute atomic E-state index is 13.5. The van der Waals surface area contributed by atoms with Crippen LogP contribution in [0, 0.1) is 18.3 Å². The fourth-order valence-corrected chi connectivity index (χ4v) is 6.98. The molecule has 2 aromatic rings. The van der Waals surface area contributed by atoms with Gasteiger partial charge in [-0.15, -0.1) is 0 Å². The average molecular weight is 489 g/mol. The molecule has 0 aromatic carbocycles. The minimum Gasteiger partial charge on any atom is -0.354 e. The molecular weight excluding hydrogens is 462 g/mol. The Labute approximate surface area is 190 Å². The van der Waals surface area contributed by atoms with Gasteiger partial charge in [0.2, 0.25) is 5.92 Å². The first-order valence-corrected chi connectivity index (χ1v) is 12.8. The molecule has 176 valence electrons. The summed E-state index contributed by atoms with van der Waals surface area (Å²) < 4.78 is 54.5. The summed E-state index contributed by atoms with van der Waals surface area (Å²) in [6.45, 7) is 3.74. The molecule has 12 heteroatoms. The van der Waals surface area contributed by atoms with Gasteiger partial charge in [0.25, 0.3) is 10.2 Å². The molecule has 1 aliphatic heterocycles. The number of halogens is 3. The number of aryl methyl sites for hydroxylation is 1. The van der Waals surface area contributed by atoms with E-state index in [0.717, 1.165) is 30.0 Å². The monoisotopic (exact) mass is 488 g/mol. The Balaban J connectivity index is 1.24. The number of nitrogens with two attached hydrogens (primary N) is 1. The van der Waals surface area contributed by atoms with Gasteiger partial charge in [-0.25, -0.2) is 23.4 Å². The molecule has 0 bridgehead atoms. The third kappa shape index (κ3) is 3.86. The standard InChI is InChI=1S/C20H27ClF2N6O2S/c1-13-6-16(21)29-17(13)18(25-12-26-29)27-10-19(11-27)7-15(8-19)28(32(24,30)31)9-14-2-4-20(22,23)5-3-14/h6,12,14-15H,2-5,7-11H2,1H3,(H2,24,30,31). The third-order valence-electron chi connectivity index (χ3n) is 7.38. The summed E-state index contributed by atoms with van der Waals surface area (Å²) in [5, 5.41) is 10.3. The van der Waals surface area contributed by atoms with E-state index in [0.29, 0.717) is 30.8 Å². The molecule has 1 saturated heterocycles. The molecular formula is C20H27ClF2N6O2S. The molecule has 1 spiro atoms. The molecule has 0 radical (unpaired) electrons. The summed E-state index contributed by atoms with van der Waals surface area (Å²) in [4.78, 5) is 6.62. The second kappa shape index (κ2) is 7.48. The minimum absolute atomic E-state index is 0.0272. The Morgan fingerprint density at radius 1 is 1.28 bits per heavy atom. The van der Waals surface area contributed by atoms with Crippen molar-refractivity contribution in [2.75, 3.05) is 24.5 Å². The van der Waals surface area contributed by atoms with Crippen molar-refractivity contribution < 1.29 is 17.2 Å². The molecule has 0 unspecified atom stereocenters. The zero-order chi connectivity index (χ0) is 22.9. The first-order valence-electron chi connectivity index (χ1n) is 10.9. The Morgan fingerprint density at radius 2 is 1.94 bits per heavy atom. The van der Waals surface area contributed by atoms with Gasteiger partial charge in [-0.2, -0.15) is 17.8 Å². The highest BCUT2D eigenvalue weighted by Gasteiger charge is 2.56. The number of rotatable bonds is 5. The van der Waals surface area contributed by atoms with Crippen molar-refractivity contribution in [2.45, 2.75) is 57.4 Å². The fraction of sp³-hybridized carbons (Fsp3) is 0.700. The van der Waals surface area contributed by atoms with E-state index < -0.39 is 16.1 Å². The quantitative estimate of drug-likeness (QED) is 0.697. The first-order chi connectivity index (χ1) is 15.0. The van der Waals surface area contributed by atoms with Crippen LogP contribution in [0.3, 0.4) is 0 Å². The molecule has 2 aliphatic carbocycles. The molecule has 5 rings (SSSR count). The maximum Gasteiger partial charge on any atom is 0.277 e. The predicted molar refractivity (Wildman–Crippen MR) is 117 cm³/mol. The number of fused-ring (bicyclic) bond motifs is 1. The summed E-state index contributed by atoms with van der Waals surface area (Å²) in [5.74, 6) is -1.88. The van der Waals surface area contributed by atoms with Crippen LogP contribution in [0.25, 0.3) is 5.52 Å². The van der Waals surface area contributed by atoms with Gasteiger partial charge in [0, 0.05) is 43.9 Å². The van der Waals surface area contributed by atoms with E-state index in [2.05, 4.69) is 15.0 Å². The van der Waals surface area contributed by atoms with E-state index in [1.165, 1.54) is 10.6 Å². The normalized spacial score (nSPS) is 23.6. The molecule has 32 heavy (non-hydrogen) atoms. The highest BCUT2D eigenvalue weighted by atomic mass is 35.5. The van der Waals surface area contributed by atoms with Gasteiger partial charge in [0.15, 0.2) is 5.82 Å². The van der Waals surface area contributed by atoms with E-state index in [4.69, 9.17) is 16.7 Å². The Hall–Kier alpha value is -1.56. The van der Waals surface area contributed by atoms with Crippen LogP contribution in [0.5, 0.6) is 0 Å². The van der Waals surface area contributed by atoms with Crippen LogP contribution in [0.2, 0.25) is 5.15 Å². The summed E-state index contributed by atoms with van der Waals surface area (Å²) in [7, 11) is -3.89. The van der Waals surface area contributed by atoms with Gasteiger partial charge in [-0.1, -0.05) is 11.6 Å². The van der Waals surface area contributed by atoms with Crippen LogP contribution in [-0.2, 0) is 10.2 Å². The van der Waals surface area contributed by atoms with Crippen LogP contribution in [0.15, 0.2) is 12.4 Å². The summed E-state index contributed by atoms with van der Waals surface area (Å²) in [5.41, 5.74) is 1.90. The second-order valence-corrected chi connectivity index (χ2v) is 11.7. The molecule has 3 aliphatic rings. The zero-order valence-corrected chi connectivity index (χ0v) is 19.4. The van der Waals surface area contributed by atoms with Crippen molar-refractivity contribution in [1.29, 1.82) is 0 Å². The third-order valence-corrected chi connectivity index (χ3v) is 8.75. The summed E-state index contributed by atoms with van der Waals surface area (Å²) >= 11 is 6.24. The van der Waals surface area contributed by atoms with E-state index in [-0.39, 0.29) is 36.8 Å². The molecule has 0 atom stereocenters. The SMILES string of the molecule is Cc1cc(Cl)n2ncnc(N3CC4(CC(N(CC5CCC(F)(F)CC5)S(N)(=O)=O)C4)C3)c12. The topological polar surface area (TPSA) is 96.8 Å². The minimum atomic E-state index is -3.89. The van der Waals surface area contributed by atoms with Gasteiger partial charge in [0.1, 0.15) is 17.0 Å². The van der Waals surface area contributed by atoms with Crippen molar-refractivity contribution in [2.24, 2.45) is 16.5 Å². The van der Waals surface area contributed by atoms with Gasteiger partial charge in [0.05, 0.1) is 0 Å². The Morgan fingerprint density at radius 3 is 2.56 bits per heavy atom. The van der Waals surface area contributed by atoms with Crippen molar-refractivity contribution >= 4 is 33.1 Å². The number of hydrogen-bond acceptors (Lipinski definition) is 5. The lowest BCUT2D eigenvalue weighted by atomic mass is 9.60. The largest absolute Gasteiger partial charge is 0.354 e. The number of hydrogen-bond donors (Lipinski definition) is 1. The molecule has 2 N–H and O–H groups in total. The molecule has 2 saturated carbocycles. The van der Waals surface area contributed by atoms with E-state index in [1.54, 1.807) is 4.52 Å². The van der Waals surface area contributed by atoms with Crippen molar-refractivity contribution in [3.8, 4) is 0 Å². The molecule has 3 heterocycles. The predicted octanol–water partition coefficient (Wildman–Crippen LogP) is 2.99. The summed E-state index contributed by atoms with van der Waals surface area (Å²) in [6.07, 6.45) is 3.20. The Bertz CT molecular complexity index is 1130. The fourth-order valence-electron chi connectivity index (χ4n) is 5.70. The molecule has 0 amide bonds. The van der Waals surface area contributed by atoms with Gasteiger partial charge >= 0.3 is 0 Å². The van der Waals surface area contributed by atoms with Crippen molar-refractivity contribution in [3.05, 3.63) is 23.1 Å².